The number of allylic oxidation sites excluding steroid dienone is 3. The van der Waals surface area contributed by atoms with Gasteiger partial charge in [-0.25, -0.2) is 4.57 Å². The molecule has 0 saturated heterocycles. The highest BCUT2D eigenvalue weighted by molar-refractivity contribution is 7.47. The third-order valence-corrected chi connectivity index (χ3v) is 11.6. The molecule has 0 spiro atoms. The number of unbranched alkanes of at least 4 members (excludes halogenated alkanes) is 29. The molecule has 0 aliphatic carbocycles. The maximum absolute atomic E-state index is 12.7. The molecule has 0 bridgehead atoms. The number of rotatable bonds is 45. The Kier molecular flexibility index (Phi) is 40.7. The Balaban J connectivity index is 4.21. The summed E-state index contributed by atoms with van der Waals surface area (Å²) < 4.78 is 34.8. The number of carbonyl (C=O) groups is 1. The summed E-state index contributed by atoms with van der Waals surface area (Å²) >= 11 is 0. The van der Waals surface area contributed by atoms with Gasteiger partial charge in [0, 0.05) is 6.42 Å². The zero-order valence-electron chi connectivity index (χ0n) is 38.3. The summed E-state index contributed by atoms with van der Waals surface area (Å²) in [5.41, 5.74) is 0. The number of nitrogens with zero attached hydrogens (tertiary/aromatic N) is 1. The molecule has 9 heteroatoms. The largest absolute Gasteiger partial charge is 0.498 e. The van der Waals surface area contributed by atoms with Crippen LogP contribution < -0.4 is 0 Å². The van der Waals surface area contributed by atoms with E-state index in [1.165, 1.54) is 167 Å². The minimum Gasteiger partial charge on any atom is -0.498 e. The minimum absolute atomic E-state index is 0.0470. The topological polar surface area (TPSA) is 91.3 Å². The molecule has 8 nitrogen and oxygen atoms in total. The molecule has 0 radical (unpaired) electrons. The number of quaternary nitrogens is 1. The van der Waals surface area contributed by atoms with Gasteiger partial charge in [0.25, 0.3) is 0 Å². The van der Waals surface area contributed by atoms with Crippen LogP contribution in [0.5, 0.6) is 0 Å². The first-order valence-electron chi connectivity index (χ1n) is 24.1. The van der Waals surface area contributed by atoms with Gasteiger partial charge < -0.3 is 18.9 Å². The maximum Gasteiger partial charge on any atom is 0.472 e. The number of likely N-dealkylation sites (N-methyl/N-ethyl adjacent to an activating group) is 1. The van der Waals surface area contributed by atoms with E-state index in [1.54, 1.807) is 6.26 Å². The van der Waals surface area contributed by atoms with Gasteiger partial charge in [-0.05, 0) is 51.0 Å². The van der Waals surface area contributed by atoms with Gasteiger partial charge in [-0.2, -0.15) is 0 Å². The third kappa shape index (κ3) is 45.7. The van der Waals surface area contributed by atoms with Crippen molar-refractivity contribution in [1.29, 1.82) is 0 Å². The highest BCUT2D eigenvalue weighted by atomic mass is 31.2. The average molecular weight is 829 g/mol. The standard InChI is InChI=1S/C48H94NO7P/c1-6-8-10-12-14-16-18-20-22-24-25-26-27-29-31-33-35-37-39-41-48(50)56-47(46-55-57(51,52)54-44-42-49(3,4)5)45-53-43-40-38-36-34-32-30-28-23-21-19-17-15-13-11-9-7-2/h21,23,40,43,47H,6-20,22,24-39,41-42,44-46H2,1-5H3/p+1/b23-21-,43-40-/t47-/m1/s1. The Morgan fingerprint density at radius 3 is 1.35 bits per heavy atom. The molecule has 0 aliphatic heterocycles. The predicted molar refractivity (Wildman–Crippen MR) is 242 cm³/mol. The lowest BCUT2D eigenvalue weighted by molar-refractivity contribution is -0.870. The molecule has 0 rings (SSSR count). The van der Waals surface area contributed by atoms with Crippen LogP contribution in [0.4, 0.5) is 0 Å². The lowest BCUT2D eigenvalue weighted by Gasteiger charge is -2.24. The number of hydrogen-bond acceptors (Lipinski definition) is 6. The van der Waals surface area contributed by atoms with Crippen molar-refractivity contribution in [3.63, 3.8) is 0 Å². The van der Waals surface area contributed by atoms with Gasteiger partial charge in [0.05, 0.1) is 34.0 Å². The van der Waals surface area contributed by atoms with Gasteiger partial charge in [0.15, 0.2) is 6.10 Å². The summed E-state index contributed by atoms with van der Waals surface area (Å²) in [6.45, 7) is 4.95. The van der Waals surface area contributed by atoms with Gasteiger partial charge in [-0.3, -0.25) is 13.8 Å². The van der Waals surface area contributed by atoms with Crippen molar-refractivity contribution >= 4 is 13.8 Å². The highest BCUT2D eigenvalue weighted by Gasteiger charge is 2.26. The van der Waals surface area contributed by atoms with E-state index in [-0.39, 0.29) is 25.8 Å². The van der Waals surface area contributed by atoms with Crippen molar-refractivity contribution < 1.29 is 37.3 Å². The van der Waals surface area contributed by atoms with Gasteiger partial charge in [-0.1, -0.05) is 187 Å². The average Bonchev–Trinajstić information content (AvgIpc) is 3.16. The summed E-state index contributed by atoms with van der Waals surface area (Å²) in [4.78, 5) is 22.9. The van der Waals surface area contributed by atoms with Crippen molar-refractivity contribution in [2.75, 3.05) is 47.5 Å². The van der Waals surface area contributed by atoms with E-state index in [0.29, 0.717) is 17.4 Å². The van der Waals surface area contributed by atoms with Crippen molar-refractivity contribution in [2.24, 2.45) is 0 Å². The Hall–Kier alpha value is -1.18. The summed E-state index contributed by atoms with van der Waals surface area (Å²) in [5, 5.41) is 0. The molecular formula is C48H95NO7P+. The van der Waals surface area contributed by atoms with Crippen LogP contribution in [0.2, 0.25) is 0 Å². The molecular weight excluding hydrogens is 734 g/mol. The van der Waals surface area contributed by atoms with Crippen LogP contribution in [0.3, 0.4) is 0 Å². The van der Waals surface area contributed by atoms with E-state index in [1.807, 2.05) is 27.2 Å². The molecule has 0 aromatic rings. The first-order chi connectivity index (χ1) is 27.6. The fourth-order valence-electron chi connectivity index (χ4n) is 6.81. The molecule has 1 N–H and O–H groups in total. The quantitative estimate of drug-likeness (QED) is 0.0163. The Bertz CT molecular complexity index is 967. The molecule has 0 saturated carbocycles. The zero-order valence-corrected chi connectivity index (χ0v) is 39.2. The van der Waals surface area contributed by atoms with E-state index in [0.717, 1.165) is 38.5 Å². The van der Waals surface area contributed by atoms with Crippen LogP contribution in [-0.4, -0.2) is 69.0 Å². The van der Waals surface area contributed by atoms with E-state index < -0.39 is 13.9 Å². The zero-order chi connectivity index (χ0) is 42.0. The van der Waals surface area contributed by atoms with Gasteiger partial charge >= 0.3 is 13.8 Å². The lowest BCUT2D eigenvalue weighted by Crippen LogP contribution is -2.37. The molecule has 57 heavy (non-hydrogen) atoms. The van der Waals surface area contributed by atoms with Crippen LogP contribution in [0.1, 0.15) is 226 Å². The summed E-state index contributed by atoms with van der Waals surface area (Å²) in [5.74, 6) is -0.334. The number of esters is 1. The van der Waals surface area contributed by atoms with Crippen LogP contribution in [-0.2, 0) is 27.9 Å². The second-order valence-electron chi connectivity index (χ2n) is 17.6. The monoisotopic (exact) mass is 829 g/mol. The molecule has 0 aromatic carbocycles. The fourth-order valence-corrected chi connectivity index (χ4v) is 7.55. The predicted octanol–water partition coefficient (Wildman–Crippen LogP) is 14.7. The number of hydrogen-bond donors (Lipinski definition) is 1. The molecule has 0 heterocycles. The van der Waals surface area contributed by atoms with Gasteiger partial charge in [-0.15, -0.1) is 0 Å². The smallest absolute Gasteiger partial charge is 0.472 e. The van der Waals surface area contributed by atoms with Gasteiger partial charge in [0.1, 0.15) is 19.8 Å². The SMILES string of the molecule is CCCCCCCC/C=C\CCCCCC/C=C\OC[C@H](COP(=O)(O)OCC[N+](C)(C)C)OC(=O)CCCCCCCCCCCCCCCCCCCCC. The van der Waals surface area contributed by atoms with Crippen LogP contribution >= 0.6 is 7.82 Å². The molecule has 0 amide bonds. The second-order valence-corrected chi connectivity index (χ2v) is 19.0. The van der Waals surface area contributed by atoms with E-state index in [4.69, 9.17) is 18.5 Å². The van der Waals surface area contributed by atoms with Crippen molar-refractivity contribution in [1.82, 2.24) is 0 Å². The fraction of sp³-hybridized carbons (Fsp3) is 0.896. The normalized spacial score (nSPS) is 13.8. The lowest BCUT2D eigenvalue weighted by atomic mass is 10.0. The summed E-state index contributed by atoms with van der Waals surface area (Å²) in [6, 6.07) is 0. The van der Waals surface area contributed by atoms with Crippen LogP contribution in [0.15, 0.2) is 24.5 Å². The van der Waals surface area contributed by atoms with E-state index >= 15 is 0 Å². The van der Waals surface area contributed by atoms with E-state index in [2.05, 4.69) is 26.0 Å². The molecule has 0 aliphatic rings. The summed E-state index contributed by atoms with van der Waals surface area (Å²) in [6.07, 6.45) is 48.8. The van der Waals surface area contributed by atoms with Crippen molar-refractivity contribution in [3.05, 3.63) is 24.5 Å². The van der Waals surface area contributed by atoms with Crippen LogP contribution in [0.25, 0.3) is 0 Å². The molecule has 2 atom stereocenters. The van der Waals surface area contributed by atoms with Gasteiger partial charge in [0.2, 0.25) is 0 Å². The molecule has 1 unspecified atom stereocenters. The minimum atomic E-state index is -4.29. The van der Waals surface area contributed by atoms with Crippen molar-refractivity contribution in [2.45, 2.75) is 232 Å². The molecule has 0 fully saturated rings. The summed E-state index contributed by atoms with van der Waals surface area (Å²) in [7, 11) is 1.64. The van der Waals surface area contributed by atoms with Crippen molar-refractivity contribution in [3.8, 4) is 0 Å². The Labute approximate surface area is 353 Å². The second kappa shape index (κ2) is 41.5. The maximum atomic E-state index is 12.7. The Morgan fingerprint density at radius 2 is 0.930 bits per heavy atom. The first-order valence-corrected chi connectivity index (χ1v) is 25.6. The number of phosphoric ester groups is 1. The first kappa shape index (κ1) is 55.8. The number of ether oxygens (including phenoxy) is 2. The number of phosphoric acid groups is 1. The molecule has 338 valence electrons. The highest BCUT2D eigenvalue weighted by Crippen LogP contribution is 2.43. The van der Waals surface area contributed by atoms with Crippen LogP contribution in [0, 0.1) is 0 Å². The third-order valence-electron chi connectivity index (χ3n) is 10.6. The Morgan fingerprint density at radius 1 is 0.544 bits per heavy atom. The van der Waals surface area contributed by atoms with E-state index in [9.17, 15) is 14.3 Å². The molecule has 0 aromatic heterocycles. The number of carbonyl (C=O) groups excluding carboxylic acids is 1.